The first kappa shape index (κ1) is 22.3. The highest BCUT2D eigenvalue weighted by Crippen LogP contribution is 2.24. The number of hydrogen-bond acceptors (Lipinski definition) is 7. The van der Waals surface area contributed by atoms with Gasteiger partial charge in [-0.2, -0.15) is 0 Å². The van der Waals surface area contributed by atoms with Crippen molar-refractivity contribution in [3.8, 4) is 5.75 Å². The number of aliphatic hydroxyl groups excluding tert-OH is 2. The van der Waals surface area contributed by atoms with Crippen LogP contribution in [-0.4, -0.2) is 49.4 Å². The van der Waals surface area contributed by atoms with Gasteiger partial charge in [0, 0.05) is 11.4 Å². The zero-order valence-corrected chi connectivity index (χ0v) is 15.0. The number of carbonyl (C=O) groups is 1. The van der Waals surface area contributed by atoms with E-state index in [4.69, 9.17) is 16.7 Å². The first-order valence-corrected chi connectivity index (χ1v) is 8.70. The molecule has 2 unspecified atom stereocenters. The molecule has 26 heavy (non-hydrogen) atoms. The van der Waals surface area contributed by atoms with E-state index in [0.717, 1.165) is 24.8 Å². The van der Waals surface area contributed by atoms with Crippen molar-refractivity contribution >= 4 is 17.6 Å². The van der Waals surface area contributed by atoms with Crippen molar-refractivity contribution in [3.05, 3.63) is 33.7 Å². The van der Waals surface area contributed by atoms with Crippen molar-refractivity contribution in [3.63, 3.8) is 0 Å². The van der Waals surface area contributed by atoms with Crippen LogP contribution >= 0.6 is 11.6 Å². The number of aryl methyl sites for hydroxylation is 1. The van der Waals surface area contributed by atoms with Crippen molar-refractivity contribution < 1.29 is 30.3 Å². The van der Waals surface area contributed by atoms with Gasteiger partial charge in [0.2, 0.25) is 11.8 Å². The lowest BCUT2D eigenvalue weighted by molar-refractivity contribution is -0.176. The minimum Gasteiger partial charge on any atom is -0.508 e. The second-order valence-corrected chi connectivity index (χ2v) is 6.73. The third kappa shape index (κ3) is 6.53. The molecular weight excluding hydrogens is 366 g/mol. The largest absolute Gasteiger partial charge is 0.508 e. The van der Waals surface area contributed by atoms with Gasteiger partial charge in [-0.3, -0.25) is 0 Å². The number of carboxylic acid groups (broad SMARTS) is 1. The van der Waals surface area contributed by atoms with Crippen LogP contribution in [0.2, 0.25) is 5.02 Å². The lowest BCUT2D eigenvalue weighted by Gasteiger charge is -2.26. The standard InChI is InChI=1S/C17H24ClNO7/c18-12-8-7-11(14(21)9-12)5-3-1-2-4-6-13(20)10-17(25,16(23)24)15(22)19-26/h7-9,13,15,20-22,25H,1-6,10H2,(H,23,24)/t13-,15?,17?/m0/s1. The van der Waals surface area contributed by atoms with E-state index in [9.17, 15) is 30.1 Å². The summed E-state index contributed by atoms with van der Waals surface area (Å²) in [4.78, 5) is 21.3. The molecule has 9 heteroatoms. The molecular formula is C17H24ClNO7. The summed E-state index contributed by atoms with van der Waals surface area (Å²) in [6.45, 7) is 0. The van der Waals surface area contributed by atoms with E-state index < -0.39 is 30.3 Å². The lowest BCUT2D eigenvalue weighted by Crippen LogP contribution is -2.50. The van der Waals surface area contributed by atoms with Crippen LogP contribution in [0.4, 0.5) is 0 Å². The van der Waals surface area contributed by atoms with Gasteiger partial charge in [-0.1, -0.05) is 36.9 Å². The average molecular weight is 390 g/mol. The molecule has 1 rings (SSSR count). The van der Waals surface area contributed by atoms with Crippen molar-refractivity contribution in [2.75, 3.05) is 0 Å². The Bertz CT molecular complexity index is 613. The molecule has 0 heterocycles. The molecule has 1 aromatic rings. The zero-order valence-electron chi connectivity index (χ0n) is 14.2. The Balaban J connectivity index is 2.30. The lowest BCUT2D eigenvalue weighted by atomic mass is 9.92. The van der Waals surface area contributed by atoms with Gasteiger partial charge in [0.25, 0.3) is 0 Å². The van der Waals surface area contributed by atoms with E-state index in [-0.39, 0.29) is 12.2 Å². The van der Waals surface area contributed by atoms with Crippen molar-refractivity contribution in [1.29, 1.82) is 0 Å². The quantitative estimate of drug-likeness (QED) is 0.272. The molecule has 0 aromatic heterocycles. The Morgan fingerprint density at radius 2 is 1.85 bits per heavy atom. The number of unbranched alkanes of at least 4 members (excludes halogenated alkanes) is 3. The number of phenols is 1. The Morgan fingerprint density at radius 3 is 2.42 bits per heavy atom. The van der Waals surface area contributed by atoms with Gasteiger partial charge < -0.3 is 25.5 Å². The zero-order chi connectivity index (χ0) is 19.7. The van der Waals surface area contributed by atoms with Crippen LogP contribution in [0.15, 0.2) is 23.4 Å². The van der Waals surface area contributed by atoms with Crippen LogP contribution in [-0.2, 0) is 11.2 Å². The summed E-state index contributed by atoms with van der Waals surface area (Å²) in [7, 11) is 0. The number of aliphatic carboxylic acids is 1. The summed E-state index contributed by atoms with van der Waals surface area (Å²) in [5.74, 6) is -1.66. The minimum absolute atomic E-state index is 0.156. The van der Waals surface area contributed by atoms with E-state index in [1.54, 1.807) is 12.1 Å². The molecule has 0 amide bonds. The molecule has 146 valence electrons. The van der Waals surface area contributed by atoms with Crippen LogP contribution in [0.25, 0.3) is 0 Å². The number of nitrogens with zero attached hydrogens (tertiary/aromatic N) is 1. The molecule has 3 atom stereocenters. The van der Waals surface area contributed by atoms with Crippen LogP contribution < -0.4 is 0 Å². The molecule has 0 bridgehead atoms. The van der Waals surface area contributed by atoms with Gasteiger partial charge in [-0.15, -0.1) is 4.91 Å². The van der Waals surface area contributed by atoms with Crippen LogP contribution in [0.1, 0.15) is 44.1 Å². The number of halogens is 1. The van der Waals surface area contributed by atoms with E-state index in [0.29, 0.717) is 17.9 Å². The monoisotopic (exact) mass is 389 g/mol. The number of aliphatic hydroxyl groups is 3. The van der Waals surface area contributed by atoms with E-state index in [1.807, 2.05) is 0 Å². The fourth-order valence-electron chi connectivity index (χ4n) is 2.65. The van der Waals surface area contributed by atoms with Crippen molar-refractivity contribution in [2.24, 2.45) is 5.18 Å². The van der Waals surface area contributed by atoms with Gasteiger partial charge in [0.15, 0.2) is 0 Å². The predicted octanol–water partition coefficient (Wildman–Crippen LogP) is 2.19. The van der Waals surface area contributed by atoms with E-state index in [2.05, 4.69) is 5.18 Å². The van der Waals surface area contributed by atoms with Gasteiger partial charge in [0.05, 0.1) is 6.10 Å². The molecule has 5 N–H and O–H groups in total. The highest BCUT2D eigenvalue weighted by Gasteiger charge is 2.46. The highest BCUT2D eigenvalue weighted by atomic mass is 35.5. The molecule has 0 aliphatic rings. The van der Waals surface area contributed by atoms with Gasteiger partial charge >= 0.3 is 5.97 Å². The summed E-state index contributed by atoms with van der Waals surface area (Å²) in [5, 5.41) is 50.2. The van der Waals surface area contributed by atoms with Gasteiger partial charge in [0.1, 0.15) is 5.75 Å². The van der Waals surface area contributed by atoms with E-state index in [1.165, 1.54) is 6.07 Å². The Morgan fingerprint density at radius 1 is 1.19 bits per heavy atom. The van der Waals surface area contributed by atoms with Crippen LogP contribution in [0.3, 0.4) is 0 Å². The van der Waals surface area contributed by atoms with Crippen LogP contribution in [0, 0.1) is 4.91 Å². The maximum absolute atomic E-state index is 11.0. The maximum Gasteiger partial charge on any atom is 0.340 e. The fourth-order valence-corrected chi connectivity index (χ4v) is 2.82. The second kappa shape index (κ2) is 10.4. The fraction of sp³-hybridized carbons (Fsp3) is 0.588. The predicted molar refractivity (Wildman–Crippen MR) is 94.9 cm³/mol. The minimum atomic E-state index is -2.80. The second-order valence-electron chi connectivity index (χ2n) is 6.29. The summed E-state index contributed by atoms with van der Waals surface area (Å²) >= 11 is 5.77. The molecule has 0 radical (unpaired) electrons. The topological polar surface area (TPSA) is 148 Å². The highest BCUT2D eigenvalue weighted by molar-refractivity contribution is 6.30. The molecule has 1 aromatic carbocycles. The molecule has 0 fully saturated rings. The first-order valence-electron chi connectivity index (χ1n) is 8.32. The molecule has 0 saturated heterocycles. The number of benzene rings is 1. The summed E-state index contributed by atoms with van der Waals surface area (Å²) < 4.78 is 0. The Labute approximate surface area is 156 Å². The Hall–Kier alpha value is -1.74. The number of phenolic OH excluding ortho intramolecular Hbond substituents is 1. The summed E-state index contributed by atoms with van der Waals surface area (Å²) in [6, 6.07) is 4.96. The van der Waals surface area contributed by atoms with E-state index >= 15 is 0 Å². The molecule has 0 saturated carbocycles. The first-order chi connectivity index (χ1) is 12.2. The average Bonchev–Trinajstić information content (AvgIpc) is 2.58. The molecule has 0 aliphatic carbocycles. The number of rotatable bonds is 12. The SMILES string of the molecule is O=NC(O)C(O)(C[C@@H](O)CCCCCCc1ccc(Cl)cc1O)C(=O)O. The smallest absolute Gasteiger partial charge is 0.340 e. The van der Waals surface area contributed by atoms with Crippen LogP contribution in [0.5, 0.6) is 5.75 Å². The summed E-state index contributed by atoms with van der Waals surface area (Å²) in [6.07, 6.45) is -0.342. The third-order valence-corrected chi connectivity index (χ3v) is 4.46. The molecule has 0 spiro atoms. The Kier molecular flexibility index (Phi) is 8.94. The third-order valence-electron chi connectivity index (χ3n) is 4.22. The van der Waals surface area contributed by atoms with Crippen molar-refractivity contribution in [2.45, 2.75) is 62.9 Å². The normalized spacial score (nSPS) is 15.8. The number of nitroso groups, excluding NO2 is 1. The maximum atomic E-state index is 11.0. The molecule has 0 aliphatic heterocycles. The van der Waals surface area contributed by atoms with Gasteiger partial charge in [-0.05, 0) is 42.1 Å². The number of hydrogen-bond donors (Lipinski definition) is 5. The number of carboxylic acids is 1. The van der Waals surface area contributed by atoms with Crippen molar-refractivity contribution in [1.82, 2.24) is 0 Å². The van der Waals surface area contributed by atoms with Gasteiger partial charge in [-0.25, -0.2) is 4.79 Å². The molecule has 8 nitrogen and oxygen atoms in total. The number of aromatic hydroxyl groups is 1. The summed E-state index contributed by atoms with van der Waals surface area (Å²) in [5.41, 5.74) is -2.00.